The molecule has 0 aromatic heterocycles. The molecule has 0 radical (unpaired) electrons. The van der Waals surface area contributed by atoms with E-state index in [0.29, 0.717) is 42.9 Å². The molecule has 0 saturated carbocycles. The molecule has 0 aromatic rings. The highest BCUT2D eigenvalue weighted by Crippen LogP contribution is 2.39. The van der Waals surface area contributed by atoms with Gasteiger partial charge in [-0.25, -0.2) is 8.78 Å². The second kappa shape index (κ2) is 10.9. The minimum Gasteiger partial charge on any atom is -0.381 e. The molecule has 2 amide bonds. The molecule has 3 atom stereocenters. The summed E-state index contributed by atoms with van der Waals surface area (Å²) in [5.41, 5.74) is 4.37. The van der Waals surface area contributed by atoms with Gasteiger partial charge in [-0.15, -0.1) is 0 Å². The lowest BCUT2D eigenvalue weighted by atomic mass is 9.87. The smallest absolute Gasteiger partial charge is 0.251 e. The minimum atomic E-state index is -0.374. The number of carbonyl (C=O) groups is 2. The van der Waals surface area contributed by atoms with E-state index in [2.05, 4.69) is 20.9 Å². The van der Waals surface area contributed by atoms with Crippen LogP contribution in [0.25, 0.3) is 0 Å². The highest BCUT2D eigenvalue weighted by atomic mass is 19.1. The van der Waals surface area contributed by atoms with Crippen LogP contribution in [0.15, 0.2) is 69.8 Å². The van der Waals surface area contributed by atoms with Crippen LogP contribution in [0.1, 0.15) is 39.0 Å². The fourth-order valence-electron chi connectivity index (χ4n) is 5.87. The van der Waals surface area contributed by atoms with Gasteiger partial charge in [0.1, 0.15) is 11.7 Å². The highest BCUT2D eigenvalue weighted by molar-refractivity contribution is 6.00. The molecule has 3 heterocycles. The van der Waals surface area contributed by atoms with Crippen molar-refractivity contribution >= 4 is 11.8 Å². The van der Waals surface area contributed by atoms with E-state index in [4.69, 9.17) is 0 Å². The normalized spacial score (nSPS) is 28.6. The quantitative estimate of drug-likeness (QED) is 0.445. The van der Waals surface area contributed by atoms with Crippen LogP contribution in [0.5, 0.6) is 0 Å². The van der Waals surface area contributed by atoms with Crippen molar-refractivity contribution in [2.24, 2.45) is 11.8 Å². The zero-order chi connectivity index (χ0) is 27.0. The van der Waals surface area contributed by atoms with E-state index in [1.165, 1.54) is 6.08 Å². The molecule has 1 fully saturated rings. The Morgan fingerprint density at radius 1 is 1.18 bits per heavy atom. The van der Waals surface area contributed by atoms with E-state index in [0.717, 1.165) is 42.8 Å². The summed E-state index contributed by atoms with van der Waals surface area (Å²) in [6.45, 7) is 4.69. The molecule has 204 valence electrons. The van der Waals surface area contributed by atoms with Crippen LogP contribution < -0.4 is 16.0 Å². The van der Waals surface area contributed by atoms with Gasteiger partial charge in [-0.2, -0.15) is 0 Å². The number of carbonyl (C=O) groups excluding carboxylic acids is 2. The number of rotatable bonds is 7. The summed E-state index contributed by atoms with van der Waals surface area (Å²) in [6, 6.07) is -0.198. The molecule has 9 heteroatoms. The van der Waals surface area contributed by atoms with Crippen LogP contribution in [-0.2, 0) is 9.59 Å². The van der Waals surface area contributed by atoms with Crippen molar-refractivity contribution in [3.05, 3.63) is 69.8 Å². The average Bonchev–Trinajstić information content (AvgIpc) is 3.29. The fraction of sp³-hybridized carbons (Fsp3) is 0.517. The van der Waals surface area contributed by atoms with Crippen LogP contribution in [-0.4, -0.2) is 67.9 Å². The van der Waals surface area contributed by atoms with E-state index in [9.17, 15) is 14.0 Å². The third-order valence-corrected chi connectivity index (χ3v) is 8.15. The lowest BCUT2D eigenvalue weighted by Gasteiger charge is -2.26. The first kappa shape index (κ1) is 26.4. The number of allylic oxidation sites excluding steroid dienone is 7. The van der Waals surface area contributed by atoms with Crippen molar-refractivity contribution < 1.29 is 18.4 Å². The van der Waals surface area contributed by atoms with Crippen LogP contribution in [0.2, 0.25) is 0 Å². The number of halogens is 2. The third-order valence-electron chi connectivity index (χ3n) is 8.15. The van der Waals surface area contributed by atoms with Crippen LogP contribution in [0.3, 0.4) is 0 Å². The van der Waals surface area contributed by atoms with Crippen molar-refractivity contribution in [2.45, 2.75) is 45.1 Å². The zero-order valence-electron chi connectivity index (χ0n) is 22.4. The van der Waals surface area contributed by atoms with Crippen molar-refractivity contribution in [1.29, 1.82) is 0 Å². The second-order valence-corrected chi connectivity index (χ2v) is 11.1. The molecule has 1 saturated heterocycles. The van der Waals surface area contributed by atoms with Gasteiger partial charge in [-0.3, -0.25) is 9.59 Å². The number of likely N-dealkylation sites (N-methyl/N-ethyl adjacent to an activating group) is 1. The molecule has 0 spiro atoms. The fourth-order valence-corrected chi connectivity index (χ4v) is 5.87. The number of nitrogens with one attached hydrogen (secondary N) is 3. The Morgan fingerprint density at radius 2 is 2.00 bits per heavy atom. The van der Waals surface area contributed by atoms with Crippen LogP contribution >= 0.6 is 0 Å². The molecule has 0 aromatic carbocycles. The van der Waals surface area contributed by atoms with E-state index >= 15 is 4.39 Å². The minimum absolute atomic E-state index is 0.0744. The number of nitrogens with zero attached hydrogens (tertiary/aromatic N) is 2. The molecule has 0 bridgehead atoms. The van der Waals surface area contributed by atoms with E-state index in [1.807, 2.05) is 32.0 Å². The Balaban J connectivity index is 1.28. The lowest BCUT2D eigenvalue weighted by molar-refractivity contribution is -0.127. The molecule has 5 rings (SSSR count). The number of amides is 2. The van der Waals surface area contributed by atoms with Gasteiger partial charge in [0, 0.05) is 73.4 Å². The van der Waals surface area contributed by atoms with Crippen molar-refractivity contribution in [3.63, 3.8) is 0 Å². The van der Waals surface area contributed by atoms with Gasteiger partial charge in [0.2, 0.25) is 0 Å². The second-order valence-electron chi connectivity index (χ2n) is 11.1. The largest absolute Gasteiger partial charge is 0.381 e. The Bertz CT molecular complexity index is 1210. The van der Waals surface area contributed by atoms with Crippen molar-refractivity contribution in [3.8, 4) is 0 Å². The molecule has 3 unspecified atom stereocenters. The molecule has 2 aliphatic carbocycles. The van der Waals surface area contributed by atoms with E-state index in [1.54, 1.807) is 12.2 Å². The zero-order valence-corrected chi connectivity index (χ0v) is 22.4. The first-order valence-corrected chi connectivity index (χ1v) is 13.6. The van der Waals surface area contributed by atoms with Crippen molar-refractivity contribution in [2.75, 3.05) is 40.3 Å². The summed E-state index contributed by atoms with van der Waals surface area (Å²) in [5.74, 6) is -1.05. The van der Waals surface area contributed by atoms with Gasteiger partial charge >= 0.3 is 0 Å². The van der Waals surface area contributed by atoms with Gasteiger partial charge < -0.3 is 25.8 Å². The summed E-state index contributed by atoms with van der Waals surface area (Å²) >= 11 is 0. The Hall–Kier alpha value is -3.20. The maximum Gasteiger partial charge on any atom is 0.251 e. The van der Waals surface area contributed by atoms with Gasteiger partial charge in [0.15, 0.2) is 0 Å². The summed E-state index contributed by atoms with van der Waals surface area (Å²) in [5, 5.41) is 9.55. The standard InChI is InChI=1S/C29H37F2N5O2/c1-17-24(33-23-5-4-10-36(12-11-35(2)3)29(38)27(17)23)14-21-20-13-22(31)26(15-25(20)34-28(21)37)32-16-18-6-8-19(30)9-7-18/h6,8,14-15,17,20,24,32-33H,4-5,7,9-13,16H2,1-3H3,(H,34,37)/b21-14-. The molecular weight excluding hydrogens is 488 g/mol. The molecule has 3 N–H and O–H groups in total. The SMILES string of the molecule is CC1C2=C(CCCN(CCN(C)C)C2=O)NC1/C=C1\C(=O)NC2=CC(NCC3=CC=C(F)CC3)=C(F)CC21. The lowest BCUT2D eigenvalue weighted by Crippen LogP contribution is -2.39. The first-order valence-electron chi connectivity index (χ1n) is 13.6. The predicted octanol–water partition coefficient (Wildman–Crippen LogP) is 3.34. The third kappa shape index (κ3) is 5.34. The molecular formula is C29H37F2N5O2. The monoisotopic (exact) mass is 525 g/mol. The Labute approximate surface area is 223 Å². The summed E-state index contributed by atoms with van der Waals surface area (Å²) in [7, 11) is 4.00. The molecule has 5 aliphatic rings. The topological polar surface area (TPSA) is 76.7 Å². The number of hydrogen-bond acceptors (Lipinski definition) is 5. The summed E-state index contributed by atoms with van der Waals surface area (Å²) in [6.07, 6.45) is 9.53. The van der Waals surface area contributed by atoms with Gasteiger partial charge in [0.05, 0.1) is 11.7 Å². The summed E-state index contributed by atoms with van der Waals surface area (Å²) in [4.78, 5) is 30.4. The predicted molar refractivity (Wildman–Crippen MR) is 143 cm³/mol. The summed E-state index contributed by atoms with van der Waals surface area (Å²) < 4.78 is 28.4. The maximum absolute atomic E-state index is 15.1. The van der Waals surface area contributed by atoms with E-state index in [-0.39, 0.29) is 47.8 Å². The van der Waals surface area contributed by atoms with Crippen molar-refractivity contribution in [1.82, 2.24) is 25.8 Å². The number of fused-ring (bicyclic) bond motifs is 1. The Kier molecular flexibility index (Phi) is 7.56. The van der Waals surface area contributed by atoms with Gasteiger partial charge in [-0.1, -0.05) is 24.6 Å². The molecule has 3 aliphatic heterocycles. The maximum atomic E-state index is 15.1. The number of hydrogen-bond donors (Lipinski definition) is 3. The van der Waals surface area contributed by atoms with Gasteiger partial charge in [0.25, 0.3) is 11.8 Å². The highest BCUT2D eigenvalue weighted by Gasteiger charge is 2.41. The van der Waals surface area contributed by atoms with Gasteiger partial charge in [-0.05, 0) is 45.5 Å². The Morgan fingerprint density at radius 3 is 2.74 bits per heavy atom. The van der Waals surface area contributed by atoms with Crippen LogP contribution in [0.4, 0.5) is 8.78 Å². The van der Waals surface area contributed by atoms with E-state index < -0.39 is 0 Å². The van der Waals surface area contributed by atoms with Crippen LogP contribution in [0, 0.1) is 11.8 Å². The molecule has 38 heavy (non-hydrogen) atoms. The first-order chi connectivity index (χ1) is 18.2. The molecule has 7 nitrogen and oxygen atoms in total. The average molecular weight is 526 g/mol.